The Hall–Kier alpha value is -0.940. The highest BCUT2D eigenvalue weighted by molar-refractivity contribution is 5.78. The normalized spacial score (nSPS) is 19.3. The Balaban J connectivity index is 2.04. The molecule has 0 aromatic rings. The third-order valence-corrected chi connectivity index (χ3v) is 5.90. The molecule has 0 unspecified atom stereocenters. The van der Waals surface area contributed by atoms with Crippen LogP contribution in [0.5, 0.6) is 0 Å². The molecule has 28 heavy (non-hydrogen) atoms. The van der Waals surface area contributed by atoms with Crippen molar-refractivity contribution in [2.45, 2.75) is 122 Å². The first kappa shape index (κ1) is 25.1. The Morgan fingerprint density at radius 3 is 2.04 bits per heavy atom. The van der Waals surface area contributed by atoms with E-state index in [9.17, 15) is 14.7 Å². The Morgan fingerprint density at radius 1 is 0.857 bits per heavy atom. The minimum Gasteiger partial charge on any atom is -0.396 e. The molecule has 0 saturated carbocycles. The second kappa shape index (κ2) is 15.9. The van der Waals surface area contributed by atoms with Gasteiger partial charge in [0.1, 0.15) is 5.78 Å². The molecule has 0 spiro atoms. The topological polar surface area (TPSA) is 77.8 Å². The number of likely N-dealkylation sites (tertiary alicyclic amines) is 1. The van der Waals surface area contributed by atoms with Crippen molar-refractivity contribution in [3.8, 4) is 0 Å². The molecule has 2 atom stereocenters. The lowest BCUT2D eigenvalue weighted by Crippen LogP contribution is -2.35. The van der Waals surface area contributed by atoms with Gasteiger partial charge in [0.2, 0.25) is 5.91 Å². The highest BCUT2D eigenvalue weighted by Crippen LogP contribution is 2.24. The van der Waals surface area contributed by atoms with E-state index in [1.54, 1.807) is 0 Å². The van der Waals surface area contributed by atoms with Gasteiger partial charge in [-0.05, 0) is 32.1 Å². The predicted octanol–water partition coefficient (Wildman–Crippen LogP) is 4.38. The molecule has 2 N–H and O–H groups in total. The number of unbranched alkanes of at least 4 members (excludes halogenated alkanes) is 9. The summed E-state index contributed by atoms with van der Waals surface area (Å²) in [7, 11) is 0. The molecule has 0 radical (unpaired) electrons. The van der Waals surface area contributed by atoms with Crippen LogP contribution in [0, 0.1) is 0 Å². The molecular formula is C23H43NO4. The van der Waals surface area contributed by atoms with Crippen LogP contribution in [0.1, 0.15) is 110 Å². The molecule has 1 aliphatic rings. The molecule has 0 bridgehead atoms. The minimum atomic E-state index is -0.376. The first-order chi connectivity index (χ1) is 13.6. The zero-order chi connectivity index (χ0) is 20.6. The second-order valence-corrected chi connectivity index (χ2v) is 8.38. The summed E-state index contributed by atoms with van der Waals surface area (Å²) in [4.78, 5) is 25.7. The summed E-state index contributed by atoms with van der Waals surface area (Å²) < 4.78 is 0. The second-order valence-electron chi connectivity index (χ2n) is 8.38. The van der Waals surface area contributed by atoms with E-state index < -0.39 is 0 Å². The van der Waals surface area contributed by atoms with Crippen LogP contribution < -0.4 is 0 Å². The van der Waals surface area contributed by atoms with Crippen molar-refractivity contribution >= 4 is 11.7 Å². The first-order valence-corrected chi connectivity index (χ1v) is 11.7. The maximum absolute atomic E-state index is 12.5. The number of carbonyl (C=O) groups excluding carboxylic acids is 2. The van der Waals surface area contributed by atoms with Crippen LogP contribution in [0.4, 0.5) is 0 Å². The van der Waals surface area contributed by atoms with Gasteiger partial charge in [-0.25, -0.2) is 0 Å². The number of ketones is 1. The molecule has 1 aliphatic heterocycles. The van der Waals surface area contributed by atoms with Gasteiger partial charge < -0.3 is 15.1 Å². The highest BCUT2D eigenvalue weighted by atomic mass is 16.3. The fourth-order valence-electron chi connectivity index (χ4n) is 4.12. The lowest BCUT2D eigenvalue weighted by molar-refractivity contribution is -0.132. The maximum Gasteiger partial charge on any atom is 0.222 e. The zero-order valence-electron chi connectivity index (χ0n) is 18.0. The van der Waals surface area contributed by atoms with E-state index in [1.165, 1.54) is 25.7 Å². The molecule has 0 aromatic heterocycles. The number of carbonyl (C=O) groups is 2. The van der Waals surface area contributed by atoms with Gasteiger partial charge in [-0.15, -0.1) is 0 Å². The van der Waals surface area contributed by atoms with E-state index >= 15 is 0 Å². The number of Topliss-reactive ketones (excluding diaryl/α,β-unsaturated/α-hetero) is 1. The van der Waals surface area contributed by atoms with Crippen molar-refractivity contribution < 1.29 is 19.8 Å². The van der Waals surface area contributed by atoms with E-state index in [4.69, 9.17) is 5.11 Å². The monoisotopic (exact) mass is 397 g/mol. The molecule has 0 aliphatic carbocycles. The first-order valence-electron chi connectivity index (χ1n) is 11.7. The third kappa shape index (κ3) is 11.2. The number of amides is 1. The van der Waals surface area contributed by atoms with Crippen LogP contribution in [0.2, 0.25) is 0 Å². The fourth-order valence-corrected chi connectivity index (χ4v) is 4.12. The summed E-state index contributed by atoms with van der Waals surface area (Å²) in [5.41, 5.74) is 0. The minimum absolute atomic E-state index is 0.181. The number of β-amino-alcohol motifs (C(OH)–C–C–N with tert-alkyl or cyclic N) is 1. The molecule has 1 fully saturated rings. The molecule has 1 amide bonds. The quantitative estimate of drug-likeness (QED) is 0.357. The summed E-state index contributed by atoms with van der Waals surface area (Å²) in [6, 6.07) is 0.181. The van der Waals surface area contributed by atoms with Crippen molar-refractivity contribution in [1.29, 1.82) is 0 Å². The lowest BCUT2D eigenvalue weighted by atomic mass is 10.0. The van der Waals surface area contributed by atoms with Crippen LogP contribution in [-0.2, 0) is 9.59 Å². The molecule has 1 rings (SSSR count). The number of aliphatic hydroxyl groups excluding tert-OH is 2. The van der Waals surface area contributed by atoms with Crippen molar-refractivity contribution in [3.63, 3.8) is 0 Å². The van der Waals surface area contributed by atoms with Crippen molar-refractivity contribution in [2.75, 3.05) is 13.2 Å². The maximum atomic E-state index is 12.5. The number of hydrogen-bond donors (Lipinski definition) is 2. The van der Waals surface area contributed by atoms with Crippen LogP contribution >= 0.6 is 0 Å². The average Bonchev–Trinajstić information content (AvgIpc) is 3.06. The van der Waals surface area contributed by atoms with Crippen LogP contribution in [0.15, 0.2) is 0 Å². The molecule has 0 aromatic carbocycles. The predicted molar refractivity (Wildman–Crippen MR) is 113 cm³/mol. The van der Waals surface area contributed by atoms with Crippen molar-refractivity contribution in [3.05, 3.63) is 0 Å². The molecule has 1 heterocycles. The zero-order valence-corrected chi connectivity index (χ0v) is 18.0. The molecule has 164 valence electrons. The Bertz CT molecular complexity index is 427. The number of nitrogens with zero attached hydrogens (tertiary/aromatic N) is 1. The number of aliphatic hydroxyl groups is 2. The van der Waals surface area contributed by atoms with Crippen LogP contribution in [0.3, 0.4) is 0 Å². The Labute approximate surface area is 171 Å². The van der Waals surface area contributed by atoms with Gasteiger partial charge in [0, 0.05) is 38.5 Å². The van der Waals surface area contributed by atoms with Gasteiger partial charge in [0.25, 0.3) is 0 Å². The van der Waals surface area contributed by atoms with Crippen molar-refractivity contribution in [2.24, 2.45) is 0 Å². The standard InChI is InChI=1S/C23H43NO4/c1-2-21(26)15-11-7-5-3-4-6-8-12-16-23(28)24-19-22(27)18-20(24)14-10-9-13-17-25/h20,22,25,27H,2-19H2,1H3/t20-,22-/m1/s1. The average molecular weight is 398 g/mol. The summed E-state index contributed by atoms with van der Waals surface area (Å²) >= 11 is 0. The van der Waals surface area contributed by atoms with Gasteiger partial charge in [-0.2, -0.15) is 0 Å². The van der Waals surface area contributed by atoms with E-state index in [1.807, 2.05) is 11.8 Å². The summed E-state index contributed by atoms with van der Waals surface area (Å²) in [5, 5.41) is 18.8. The Kier molecular flexibility index (Phi) is 14.3. The van der Waals surface area contributed by atoms with Gasteiger partial charge in [0.15, 0.2) is 0 Å². The number of rotatable bonds is 17. The van der Waals surface area contributed by atoms with Gasteiger partial charge in [0.05, 0.1) is 6.10 Å². The largest absolute Gasteiger partial charge is 0.396 e. The Morgan fingerprint density at radius 2 is 1.43 bits per heavy atom. The number of hydrogen-bond acceptors (Lipinski definition) is 4. The van der Waals surface area contributed by atoms with Gasteiger partial charge >= 0.3 is 0 Å². The van der Waals surface area contributed by atoms with Crippen LogP contribution in [-0.4, -0.2) is 52.1 Å². The van der Waals surface area contributed by atoms with E-state index in [-0.39, 0.29) is 24.7 Å². The van der Waals surface area contributed by atoms with Gasteiger partial charge in [-0.3, -0.25) is 9.59 Å². The molecule has 5 heteroatoms. The van der Waals surface area contributed by atoms with Crippen molar-refractivity contribution in [1.82, 2.24) is 4.90 Å². The summed E-state index contributed by atoms with van der Waals surface area (Å²) in [6.07, 6.45) is 15.1. The van der Waals surface area contributed by atoms with Gasteiger partial charge in [-0.1, -0.05) is 58.3 Å². The third-order valence-electron chi connectivity index (χ3n) is 5.90. The van der Waals surface area contributed by atoms with E-state index in [0.29, 0.717) is 31.6 Å². The fraction of sp³-hybridized carbons (Fsp3) is 0.913. The molecule has 5 nitrogen and oxygen atoms in total. The molecule has 1 saturated heterocycles. The summed E-state index contributed by atoms with van der Waals surface area (Å²) in [6.45, 7) is 2.65. The van der Waals surface area contributed by atoms with E-state index in [0.717, 1.165) is 57.8 Å². The van der Waals surface area contributed by atoms with Crippen LogP contribution in [0.25, 0.3) is 0 Å². The lowest BCUT2D eigenvalue weighted by Gasteiger charge is -2.24. The smallest absolute Gasteiger partial charge is 0.222 e. The highest BCUT2D eigenvalue weighted by Gasteiger charge is 2.33. The van der Waals surface area contributed by atoms with E-state index in [2.05, 4.69) is 0 Å². The summed E-state index contributed by atoms with van der Waals surface area (Å²) in [5.74, 6) is 0.576. The SMILES string of the molecule is CCC(=O)CCCCCCCCCCC(=O)N1C[C@H](O)C[C@H]1CCCCCO. The molecular weight excluding hydrogens is 354 g/mol.